The van der Waals surface area contributed by atoms with E-state index < -0.39 is 43.5 Å². The minimum Gasteiger partial charge on any atom is 0 e. The Labute approximate surface area is 530 Å². The molecule has 0 saturated carbocycles. The molecule has 1 N–H and O–H groups in total. The molecule has 19 nitrogen and oxygen atoms in total. The van der Waals surface area contributed by atoms with Gasteiger partial charge in [0.05, 0.1) is 76.6 Å². The first-order chi connectivity index (χ1) is 38.3. The molecule has 27 heteroatoms. The first kappa shape index (κ1) is 75.9. The van der Waals surface area contributed by atoms with Gasteiger partial charge in [-0.05, 0) is 126 Å². The summed E-state index contributed by atoms with van der Waals surface area (Å²) in [5.74, 6) is 0.946. The summed E-state index contributed by atoms with van der Waals surface area (Å²) < 4.78 is 69.9. The van der Waals surface area contributed by atoms with Crippen LogP contribution < -0.4 is 20.4 Å². The van der Waals surface area contributed by atoms with Crippen molar-refractivity contribution in [3.63, 3.8) is 0 Å². The topological polar surface area (TPSA) is 226 Å². The van der Waals surface area contributed by atoms with Crippen LogP contribution in [0.4, 0.5) is 0 Å². The van der Waals surface area contributed by atoms with E-state index in [1.165, 1.54) is 32.7 Å². The van der Waals surface area contributed by atoms with Gasteiger partial charge < -0.3 is 66.4 Å². The van der Waals surface area contributed by atoms with Gasteiger partial charge in [0, 0.05) is 36.2 Å². The van der Waals surface area contributed by atoms with E-state index in [2.05, 4.69) is 71.2 Å². The molecule has 4 aliphatic heterocycles. The molecule has 0 bridgehead atoms. The Morgan fingerprint density at radius 2 is 1.04 bits per heavy atom. The minimum atomic E-state index is -1.11. The monoisotopic (exact) mass is 1470 g/mol. The van der Waals surface area contributed by atoms with E-state index in [1.807, 2.05) is 76.2 Å². The third-order valence-electron chi connectivity index (χ3n) is 11.3. The molecule has 4 aliphatic rings. The van der Waals surface area contributed by atoms with Gasteiger partial charge in [0.15, 0.2) is 24.5 Å². The first-order valence-corrected chi connectivity index (χ1v) is 40.1. The fourth-order valence-electron chi connectivity index (χ4n) is 7.20. The third kappa shape index (κ3) is 26.4. The molecule has 430 valence electrons. The molecule has 3 saturated heterocycles. The summed E-state index contributed by atoms with van der Waals surface area (Å²) in [5.41, 5.74) is 3.30. The van der Waals surface area contributed by atoms with Crippen LogP contribution in [0.3, 0.4) is 0 Å². The van der Waals surface area contributed by atoms with E-state index >= 15 is 0 Å². The number of halogens is 3. The Morgan fingerprint density at radius 3 is 1.42 bits per heavy atom. The molecule has 8 rings (SSSR count). The van der Waals surface area contributed by atoms with Crippen molar-refractivity contribution in [2.24, 2.45) is 0 Å². The summed E-state index contributed by atoms with van der Waals surface area (Å²) in [5, 5.41) is 10.5. The van der Waals surface area contributed by atoms with Crippen molar-refractivity contribution in [2.75, 3.05) is 58.2 Å². The number of rotatable bonds is 15. The number of aldehydes is 1. The van der Waals surface area contributed by atoms with Crippen molar-refractivity contribution in [1.82, 2.24) is 0 Å². The quantitative estimate of drug-likeness (QED) is 0.0292. The van der Waals surface area contributed by atoms with Gasteiger partial charge in [-0.3, -0.25) is 37.8 Å². The smallest absolute Gasteiger partial charge is 0 e. The van der Waals surface area contributed by atoms with Crippen LogP contribution in [0.5, 0.6) is 23.0 Å². The summed E-state index contributed by atoms with van der Waals surface area (Å²) >= 11 is 11.4. The summed E-state index contributed by atoms with van der Waals surface area (Å²) in [4.78, 5) is 52.9. The fourth-order valence-corrected chi connectivity index (χ4v) is 7.36. The van der Waals surface area contributed by atoms with Crippen LogP contribution in [0, 0.1) is 13.8 Å². The van der Waals surface area contributed by atoms with E-state index in [9.17, 15) is 29.0 Å². The van der Waals surface area contributed by atoms with Crippen LogP contribution >= 0.6 is 43.2 Å². The Bertz CT molecular complexity index is 2490. The summed E-state index contributed by atoms with van der Waals surface area (Å²) in [6.07, 6.45) is -0.405. The largest absolute Gasteiger partial charge is 0 e. The summed E-state index contributed by atoms with van der Waals surface area (Å²) in [7, 11) is -1.75. The van der Waals surface area contributed by atoms with Crippen LogP contribution in [-0.4, -0.2) is 119 Å². The van der Waals surface area contributed by atoms with Gasteiger partial charge in [-0.25, -0.2) is 0 Å². The van der Waals surface area contributed by atoms with Crippen LogP contribution in [0.2, 0.25) is 0 Å². The number of hydrogen-bond acceptors (Lipinski definition) is 19. The molecule has 0 spiro atoms. The summed E-state index contributed by atoms with van der Waals surface area (Å²) in [6.45, 7) is 24.8. The number of fused-ring (bicyclic) bond motifs is 1. The van der Waals surface area contributed by atoms with Crippen molar-refractivity contribution in [3.05, 3.63) is 121 Å². The van der Waals surface area contributed by atoms with Crippen LogP contribution in [0.25, 0.3) is 0 Å². The third-order valence-corrected chi connectivity index (χ3v) is 11.8. The zero-order chi connectivity index (χ0) is 59.8. The van der Waals surface area contributed by atoms with Crippen molar-refractivity contribution in [2.45, 2.75) is 91.7 Å². The average molecular weight is 1480 g/mol. The predicted octanol–water partition coefficient (Wildman–Crippen LogP) is 9.27. The van der Waals surface area contributed by atoms with Crippen LogP contribution in [-0.2, 0) is 123 Å². The molecular weight excluding hydrogens is 1410 g/mol. The minimum absolute atomic E-state index is 0. The summed E-state index contributed by atoms with van der Waals surface area (Å²) in [6, 6.07) is 25.6. The van der Waals surface area contributed by atoms with Crippen molar-refractivity contribution in [1.29, 1.82) is 0 Å². The molecule has 4 aromatic carbocycles. The normalized spacial score (nSPS) is 16.0. The second-order valence-corrected chi connectivity index (χ2v) is 17.9. The number of alkyl halides is 1. The molecule has 4 heterocycles. The van der Waals surface area contributed by atoms with Crippen LogP contribution in [0.1, 0.15) is 108 Å². The van der Waals surface area contributed by atoms with Gasteiger partial charge in [-0.2, -0.15) is 0 Å². The fraction of sp³-hybridized carbons (Fsp3) is 0.426. The Balaban J connectivity index is 0.000000583. The second kappa shape index (κ2) is 41.0. The number of esters is 4. The van der Waals surface area contributed by atoms with E-state index in [0.29, 0.717) is 97.7 Å². The molecule has 0 aromatic heterocycles. The van der Waals surface area contributed by atoms with Crippen molar-refractivity contribution >= 4 is 98.5 Å². The van der Waals surface area contributed by atoms with Crippen molar-refractivity contribution < 1.29 is 142 Å². The van der Waals surface area contributed by atoms with Gasteiger partial charge >= 0.3 is 86.1 Å². The molecule has 0 aliphatic carbocycles. The molecule has 0 radical (unpaired) electrons. The van der Waals surface area contributed by atoms with Crippen LogP contribution in [0.15, 0.2) is 84.9 Å². The first-order valence-electron chi connectivity index (χ1n) is 25.1. The number of benzene rings is 4. The Morgan fingerprint density at radius 1 is 0.630 bits per heavy atom. The molecular formula is C54H67B2Br3O19Zn3. The van der Waals surface area contributed by atoms with Gasteiger partial charge in [-0.1, -0.05) is 46.3 Å². The Kier molecular flexibility index (Phi) is 38.4. The molecule has 81 heavy (non-hydrogen) atoms. The molecule has 1 unspecified atom stereocenters. The van der Waals surface area contributed by atoms with E-state index in [-0.39, 0.29) is 50.4 Å². The molecule has 1 atom stereocenters. The molecule has 3 fully saturated rings. The number of ether oxygens (including phenoxy) is 10. The van der Waals surface area contributed by atoms with Crippen molar-refractivity contribution in [3.8, 4) is 23.0 Å². The Hall–Kier alpha value is -3.11. The molecule has 4 aromatic rings. The zero-order valence-electron chi connectivity index (χ0n) is 47.1. The number of carbonyl (C=O) groups is 5. The molecule has 0 amide bonds. The second-order valence-electron chi connectivity index (χ2n) is 17.3. The standard InChI is InChI=1S/C22H25BO6.C20H21BO7.C4H7BrO2.2C4H7O2.2BrH.3Zn/c1-21(2)22(3,4)29-23(28-21)19-13-18(9-8-16(19)14-24)27-17-7-5-6-15(12-17)20-25-10-11-26-20;1-2-24-19(22)12-18-16-7-6-15(11-17(16)21(23)28-18)27-14-5-3-4-13(10-14)20-25-8-9-26-20;1-2-7-4(6)3-5;2*1-3-6-4(2)5;;;;;/h5-9,12-14,20H,10-11H2,1-4H3;3-7,10-11,18,20,23H,2,8-9,12H2,1H3;2-3H2,1H3;2*2-3H2,1H3;2*1H;;;/q;;;2*-1;;;;2*+2/p-2. The average Bonchev–Trinajstić information content (AvgIpc) is 4.27. The van der Waals surface area contributed by atoms with Gasteiger partial charge in [0.2, 0.25) is 0 Å². The maximum absolute atomic E-state index is 11.7. The van der Waals surface area contributed by atoms with Gasteiger partial charge in [0.1, 0.15) is 34.6 Å². The van der Waals surface area contributed by atoms with E-state index in [4.69, 9.17) is 47.1 Å². The number of hydrogen-bond donors (Lipinski definition) is 1. The predicted molar refractivity (Wildman–Crippen MR) is 301 cm³/mol. The SMILES string of the molecule is CC1(C)OB(c2cc(Oc3cccc(C4OCCO4)c3)ccc2C=O)OC1(C)C.CCOC(=O)CBr.CCOC(=O)CC1OB(O)c2cc(Oc3cccc(C4OCCO4)c3)ccc21.[CH2-]C(=O)OCC.[CH2-]C(=O)OCC.[Zn+][Br].[Zn+][Br].[Zn]. The van der Waals surface area contributed by atoms with E-state index in [0.717, 1.165) is 23.0 Å². The maximum Gasteiger partial charge on any atom is 0 e. The number of carbonyl (C=O) groups excluding carboxylic acids is 5. The van der Waals surface area contributed by atoms with Gasteiger partial charge in [-0.15, -0.1) is 0 Å². The maximum atomic E-state index is 11.7. The van der Waals surface area contributed by atoms with E-state index in [1.54, 1.807) is 64.1 Å². The van der Waals surface area contributed by atoms with Gasteiger partial charge in [0.25, 0.3) is 0 Å². The zero-order valence-corrected chi connectivity index (χ0v) is 60.7.